The number of aliphatic hydroxyl groups excluding tert-OH is 2. The van der Waals surface area contributed by atoms with Crippen LogP contribution in [-0.4, -0.2) is 47.4 Å². The Hall–Kier alpha value is -1.66. The number of unbranched alkanes of at least 4 members (excludes halogenated alkanes) is 53. The molecule has 6 heteroatoms. The van der Waals surface area contributed by atoms with Crippen LogP contribution in [0.25, 0.3) is 0 Å². The van der Waals surface area contributed by atoms with Crippen molar-refractivity contribution in [3.8, 4) is 0 Å². The summed E-state index contributed by atoms with van der Waals surface area (Å²) in [5, 5.41) is 23.4. The van der Waals surface area contributed by atoms with Crippen LogP contribution in [0, 0.1) is 0 Å². The van der Waals surface area contributed by atoms with Gasteiger partial charge in [-0.05, 0) is 77.0 Å². The van der Waals surface area contributed by atoms with E-state index >= 15 is 0 Å². The van der Waals surface area contributed by atoms with Crippen LogP contribution in [-0.2, 0) is 14.3 Å². The number of rotatable bonds is 68. The number of carbonyl (C=O) groups excluding carboxylic acids is 2. The molecule has 0 saturated heterocycles. The van der Waals surface area contributed by atoms with Gasteiger partial charge in [0.2, 0.25) is 5.91 Å². The fraction of sp³-hybridized carbons (Fsp3) is 0.918. The zero-order chi connectivity index (χ0) is 57.1. The highest BCUT2D eigenvalue weighted by atomic mass is 16.5. The average molecular weight is 1110 g/mol. The molecule has 1 amide bonds. The maximum absolute atomic E-state index is 12.5. The molecule has 0 aromatic rings. The summed E-state index contributed by atoms with van der Waals surface area (Å²) < 4.78 is 5.51. The summed E-state index contributed by atoms with van der Waals surface area (Å²) in [6.07, 6.45) is 86.6. The van der Waals surface area contributed by atoms with Crippen LogP contribution in [0.15, 0.2) is 24.3 Å². The van der Waals surface area contributed by atoms with E-state index in [0.29, 0.717) is 25.9 Å². The molecular formula is C73H141NO5. The number of amides is 1. The molecule has 0 bridgehead atoms. The Morgan fingerprint density at radius 2 is 0.595 bits per heavy atom. The molecular weight excluding hydrogens is 971 g/mol. The second-order valence-corrected chi connectivity index (χ2v) is 24.9. The molecule has 0 aromatic carbocycles. The van der Waals surface area contributed by atoms with E-state index in [-0.39, 0.29) is 18.5 Å². The van der Waals surface area contributed by atoms with Crippen molar-refractivity contribution in [2.24, 2.45) is 0 Å². The lowest BCUT2D eigenvalue weighted by molar-refractivity contribution is -0.143. The van der Waals surface area contributed by atoms with Gasteiger partial charge in [-0.2, -0.15) is 0 Å². The number of hydrogen-bond donors (Lipinski definition) is 3. The van der Waals surface area contributed by atoms with Crippen molar-refractivity contribution in [2.45, 2.75) is 418 Å². The van der Waals surface area contributed by atoms with E-state index in [2.05, 4.69) is 43.5 Å². The number of carbonyl (C=O) groups is 2. The minimum absolute atomic E-state index is 0.0138. The van der Waals surface area contributed by atoms with Gasteiger partial charge in [0.05, 0.1) is 25.4 Å². The van der Waals surface area contributed by atoms with Crippen molar-refractivity contribution in [3.63, 3.8) is 0 Å². The van der Waals surface area contributed by atoms with Crippen molar-refractivity contribution in [1.29, 1.82) is 0 Å². The molecule has 6 nitrogen and oxygen atoms in total. The molecule has 468 valence electrons. The van der Waals surface area contributed by atoms with Gasteiger partial charge >= 0.3 is 5.97 Å². The highest BCUT2D eigenvalue weighted by molar-refractivity contribution is 5.76. The molecule has 79 heavy (non-hydrogen) atoms. The molecule has 0 saturated carbocycles. The molecule has 0 radical (unpaired) electrons. The summed E-state index contributed by atoms with van der Waals surface area (Å²) in [6.45, 7) is 4.99. The fourth-order valence-corrected chi connectivity index (χ4v) is 11.5. The maximum Gasteiger partial charge on any atom is 0.305 e. The zero-order valence-electron chi connectivity index (χ0n) is 53.6. The van der Waals surface area contributed by atoms with Gasteiger partial charge in [-0.15, -0.1) is 0 Å². The van der Waals surface area contributed by atoms with Gasteiger partial charge in [0, 0.05) is 12.8 Å². The number of esters is 1. The smallest absolute Gasteiger partial charge is 0.305 e. The summed E-state index contributed by atoms with van der Waals surface area (Å²) in [5.74, 6) is -0.0179. The monoisotopic (exact) mass is 1110 g/mol. The van der Waals surface area contributed by atoms with Gasteiger partial charge in [-0.3, -0.25) is 9.59 Å². The third-order valence-corrected chi connectivity index (χ3v) is 17.0. The highest BCUT2D eigenvalue weighted by Crippen LogP contribution is 2.19. The fourth-order valence-electron chi connectivity index (χ4n) is 11.5. The van der Waals surface area contributed by atoms with Gasteiger partial charge in [0.25, 0.3) is 0 Å². The van der Waals surface area contributed by atoms with Crippen LogP contribution in [0.4, 0.5) is 0 Å². The van der Waals surface area contributed by atoms with E-state index in [9.17, 15) is 19.8 Å². The van der Waals surface area contributed by atoms with Crippen LogP contribution in [0.3, 0.4) is 0 Å². The third kappa shape index (κ3) is 65.4. The lowest BCUT2D eigenvalue weighted by Crippen LogP contribution is -2.45. The largest absolute Gasteiger partial charge is 0.466 e. The minimum atomic E-state index is -0.664. The highest BCUT2D eigenvalue weighted by Gasteiger charge is 2.20. The molecule has 0 spiro atoms. The van der Waals surface area contributed by atoms with E-state index in [0.717, 1.165) is 44.9 Å². The lowest BCUT2D eigenvalue weighted by Gasteiger charge is -2.22. The first kappa shape index (κ1) is 77.3. The molecule has 0 rings (SSSR count). The Kier molecular flexibility index (Phi) is 67.4. The Bertz CT molecular complexity index is 1230. The van der Waals surface area contributed by atoms with Gasteiger partial charge < -0.3 is 20.3 Å². The summed E-state index contributed by atoms with van der Waals surface area (Å²) in [5.41, 5.74) is 0. The van der Waals surface area contributed by atoms with E-state index < -0.39 is 12.1 Å². The van der Waals surface area contributed by atoms with Gasteiger partial charge in [-0.25, -0.2) is 0 Å². The summed E-state index contributed by atoms with van der Waals surface area (Å²) >= 11 is 0. The Balaban J connectivity index is 3.36. The molecule has 0 aromatic heterocycles. The molecule has 2 unspecified atom stereocenters. The Morgan fingerprint density at radius 1 is 0.342 bits per heavy atom. The second kappa shape index (κ2) is 68.8. The van der Waals surface area contributed by atoms with Crippen LogP contribution < -0.4 is 5.32 Å². The number of aliphatic hydroxyl groups is 2. The maximum atomic E-state index is 12.5. The topological polar surface area (TPSA) is 95.9 Å². The van der Waals surface area contributed by atoms with E-state index in [4.69, 9.17) is 4.74 Å². The van der Waals surface area contributed by atoms with Gasteiger partial charge in [0.1, 0.15) is 0 Å². The van der Waals surface area contributed by atoms with Crippen molar-refractivity contribution < 1.29 is 24.5 Å². The summed E-state index contributed by atoms with van der Waals surface area (Å²) in [6, 6.07) is -0.541. The SMILES string of the molecule is CCCCCCCCC/C=C\CCCCCCCCCC(=O)OCCCCCCCCCCCCCC/C=C\CCCCCCCCCCCCCCC(=O)NC(CO)C(O)CCCCCCCCCCCCCCCCCC. The van der Waals surface area contributed by atoms with Crippen molar-refractivity contribution >= 4 is 11.9 Å². The molecule has 0 aliphatic carbocycles. The summed E-state index contributed by atoms with van der Waals surface area (Å²) in [7, 11) is 0. The van der Waals surface area contributed by atoms with Crippen LogP contribution >= 0.6 is 0 Å². The first-order chi connectivity index (χ1) is 39.0. The minimum Gasteiger partial charge on any atom is -0.466 e. The number of ether oxygens (including phenoxy) is 1. The first-order valence-electron chi connectivity index (χ1n) is 36.1. The second-order valence-electron chi connectivity index (χ2n) is 24.9. The molecule has 0 fully saturated rings. The number of hydrogen-bond acceptors (Lipinski definition) is 5. The third-order valence-electron chi connectivity index (χ3n) is 17.0. The first-order valence-corrected chi connectivity index (χ1v) is 36.1. The lowest BCUT2D eigenvalue weighted by atomic mass is 10.0. The van der Waals surface area contributed by atoms with Crippen molar-refractivity contribution in [2.75, 3.05) is 13.2 Å². The molecule has 0 heterocycles. The summed E-state index contributed by atoms with van der Waals surface area (Å²) in [4.78, 5) is 24.6. The molecule has 3 N–H and O–H groups in total. The zero-order valence-corrected chi connectivity index (χ0v) is 53.6. The average Bonchev–Trinajstić information content (AvgIpc) is 3.45. The number of allylic oxidation sites excluding steroid dienone is 4. The van der Waals surface area contributed by atoms with Crippen molar-refractivity contribution in [3.05, 3.63) is 24.3 Å². The van der Waals surface area contributed by atoms with Gasteiger partial charge in [0.15, 0.2) is 0 Å². The number of nitrogens with one attached hydrogen (secondary N) is 1. The van der Waals surface area contributed by atoms with E-state index in [1.165, 1.54) is 327 Å². The van der Waals surface area contributed by atoms with Crippen LogP contribution in [0.5, 0.6) is 0 Å². The quantitative estimate of drug-likeness (QED) is 0.0320. The molecule has 0 aliphatic heterocycles. The predicted octanol–water partition coefficient (Wildman–Crippen LogP) is 23.3. The van der Waals surface area contributed by atoms with E-state index in [1.54, 1.807) is 0 Å². The van der Waals surface area contributed by atoms with Crippen molar-refractivity contribution in [1.82, 2.24) is 5.32 Å². The normalized spacial score (nSPS) is 12.6. The molecule has 0 aliphatic rings. The predicted molar refractivity (Wildman–Crippen MR) is 347 cm³/mol. The standard InChI is InChI=1S/C73H141NO5/c1-3-5-7-9-11-13-15-17-19-21-35-39-43-47-51-55-59-63-67-73(78)79-68-64-60-56-52-48-44-40-36-33-31-29-27-25-23-22-24-26-28-30-32-34-38-42-46-50-54-58-62-66-72(77)74-70(69-75)71(76)65-61-57-53-49-45-41-37-20-18-16-14-12-10-8-6-4-2/h19,21-23,70-71,75-76H,3-18,20,24-69H2,1-2H3,(H,74,77)/b21-19-,23-22-. The van der Waals surface area contributed by atoms with Crippen LogP contribution in [0.1, 0.15) is 406 Å². The van der Waals surface area contributed by atoms with Gasteiger partial charge in [-0.1, -0.05) is 340 Å². The van der Waals surface area contributed by atoms with E-state index in [1.807, 2.05) is 0 Å². The molecule has 2 atom stereocenters. The Morgan fingerprint density at radius 3 is 0.899 bits per heavy atom. The van der Waals surface area contributed by atoms with Crippen LogP contribution in [0.2, 0.25) is 0 Å². The Labute approximate surface area is 494 Å².